The molecule has 3 saturated heterocycles. The van der Waals surface area contributed by atoms with Gasteiger partial charge in [0.05, 0.1) is 34.7 Å². The Kier molecular flexibility index (Phi) is 7.27. The highest BCUT2D eigenvalue weighted by atomic mass is 32.2. The van der Waals surface area contributed by atoms with E-state index >= 15 is 0 Å². The number of amides is 3. The van der Waals surface area contributed by atoms with Crippen LogP contribution in [0.1, 0.15) is 32.8 Å². The minimum Gasteiger partial charge on any atom is -0.394 e. The highest BCUT2D eigenvalue weighted by molar-refractivity contribution is 8.02. The van der Waals surface area contributed by atoms with E-state index in [0.717, 1.165) is 23.0 Å². The largest absolute Gasteiger partial charge is 0.394 e. The number of carbonyl (C=O) groups excluding carboxylic acids is 3. The van der Waals surface area contributed by atoms with Gasteiger partial charge in [0.25, 0.3) is 0 Å². The Morgan fingerprint density at radius 1 is 1.10 bits per heavy atom. The average molecular weight is 577 g/mol. The van der Waals surface area contributed by atoms with E-state index in [9.17, 15) is 19.5 Å². The Morgan fingerprint density at radius 3 is 2.56 bits per heavy atom. The quantitative estimate of drug-likeness (QED) is 0.356. The molecule has 7 atom stereocenters. The summed E-state index contributed by atoms with van der Waals surface area (Å²) in [6.07, 6.45) is 0.745. The maximum absolute atomic E-state index is 14.3. The molecule has 3 aliphatic heterocycles. The molecule has 1 spiro atoms. The molecule has 0 aliphatic carbocycles. The standard InChI is InChI=1S/C30H36N6O4S/c1-17(2)22(15-37)36-26(28(39)32-16-35-21-12-8-7-11-20(21)33-34-35)30-18(3)13-23(41-30)24(25(30)29(36)40)27(38)31-14-19-9-5-4-6-10-19/h4-12,17-18,22-26,37H,13-16H2,1-3H3,(H,31,38)(H,32,39)/t18?,22-,23+,24-,25-,26?,30?/m0/s1. The summed E-state index contributed by atoms with van der Waals surface area (Å²) in [6.45, 7) is 6.17. The van der Waals surface area contributed by atoms with Crippen LogP contribution in [0.3, 0.4) is 0 Å². The number of likely N-dealkylation sites (tertiary alicyclic amines) is 1. The fraction of sp³-hybridized carbons (Fsp3) is 0.500. The van der Waals surface area contributed by atoms with Crippen LogP contribution in [-0.4, -0.2) is 71.4 Å². The van der Waals surface area contributed by atoms with Crippen LogP contribution >= 0.6 is 11.8 Å². The number of benzene rings is 2. The molecule has 3 N–H and O–H groups in total. The number of thioether (sulfide) groups is 1. The van der Waals surface area contributed by atoms with E-state index in [1.54, 1.807) is 21.3 Å². The van der Waals surface area contributed by atoms with Crippen LogP contribution in [0.5, 0.6) is 0 Å². The smallest absolute Gasteiger partial charge is 0.245 e. The molecular formula is C30H36N6O4S. The number of aromatic nitrogens is 3. The number of rotatable bonds is 9. The molecule has 3 aliphatic rings. The van der Waals surface area contributed by atoms with Gasteiger partial charge in [-0.2, -0.15) is 0 Å². The lowest BCUT2D eigenvalue weighted by molar-refractivity contribution is -0.143. The Morgan fingerprint density at radius 2 is 1.83 bits per heavy atom. The molecule has 10 nitrogen and oxygen atoms in total. The lowest BCUT2D eigenvalue weighted by atomic mass is 9.66. The second-order valence-corrected chi connectivity index (χ2v) is 13.3. The SMILES string of the molecule is CC(C)[C@H](CO)N1C(=O)[C@@H]2[C@@H](C(=O)NCc3ccccc3)[C@H]3CC(C)C2(S3)C1C(=O)NCn1nnc2ccccc21. The van der Waals surface area contributed by atoms with Gasteiger partial charge in [-0.15, -0.1) is 16.9 Å². The van der Waals surface area contributed by atoms with Crippen LogP contribution < -0.4 is 10.6 Å². The molecule has 1 aromatic heterocycles. The molecule has 3 unspecified atom stereocenters. The van der Waals surface area contributed by atoms with E-state index in [-0.39, 0.29) is 48.1 Å². The molecule has 11 heteroatoms. The third-order valence-corrected chi connectivity index (χ3v) is 11.3. The molecule has 41 heavy (non-hydrogen) atoms. The number of aliphatic hydroxyl groups is 1. The second kappa shape index (κ2) is 10.8. The molecule has 4 heterocycles. The maximum Gasteiger partial charge on any atom is 0.245 e. The fourth-order valence-corrected chi connectivity index (χ4v) is 9.63. The van der Waals surface area contributed by atoms with Gasteiger partial charge in [-0.05, 0) is 36.0 Å². The molecule has 3 amide bonds. The number of aliphatic hydroxyl groups excluding tert-OH is 1. The van der Waals surface area contributed by atoms with Gasteiger partial charge >= 0.3 is 0 Å². The van der Waals surface area contributed by atoms with Crippen molar-refractivity contribution in [3.05, 3.63) is 60.2 Å². The lowest BCUT2D eigenvalue weighted by Crippen LogP contribution is -2.59. The third kappa shape index (κ3) is 4.41. The number of hydrogen-bond donors (Lipinski definition) is 3. The van der Waals surface area contributed by atoms with Crippen LogP contribution in [0.15, 0.2) is 54.6 Å². The number of hydrogen-bond acceptors (Lipinski definition) is 7. The molecule has 3 aromatic rings. The zero-order valence-corrected chi connectivity index (χ0v) is 24.3. The molecule has 0 radical (unpaired) electrons. The van der Waals surface area contributed by atoms with Gasteiger partial charge in [0.15, 0.2) is 0 Å². The number of nitrogens with zero attached hydrogens (tertiary/aromatic N) is 4. The zero-order valence-electron chi connectivity index (χ0n) is 23.4. The van der Waals surface area contributed by atoms with Crippen molar-refractivity contribution in [3.8, 4) is 0 Å². The van der Waals surface area contributed by atoms with Gasteiger partial charge in [-0.3, -0.25) is 14.4 Å². The van der Waals surface area contributed by atoms with Crippen molar-refractivity contribution in [3.63, 3.8) is 0 Å². The molecule has 6 rings (SSSR count). The molecule has 3 fully saturated rings. The Bertz CT molecular complexity index is 1460. The summed E-state index contributed by atoms with van der Waals surface area (Å²) in [5.74, 6) is -1.92. The van der Waals surface area contributed by atoms with Crippen molar-refractivity contribution in [1.29, 1.82) is 0 Å². The summed E-state index contributed by atoms with van der Waals surface area (Å²) in [5, 5.41) is 24.8. The van der Waals surface area contributed by atoms with Gasteiger partial charge in [0.1, 0.15) is 18.2 Å². The Labute approximate surface area is 243 Å². The predicted octanol–water partition coefficient (Wildman–Crippen LogP) is 2.18. The minimum absolute atomic E-state index is 0.0316. The summed E-state index contributed by atoms with van der Waals surface area (Å²) in [4.78, 5) is 43.8. The normalized spacial score (nSPS) is 29.2. The summed E-state index contributed by atoms with van der Waals surface area (Å²) < 4.78 is 0.852. The van der Waals surface area contributed by atoms with Gasteiger partial charge in [-0.1, -0.05) is 68.4 Å². The molecule has 2 bridgehead atoms. The van der Waals surface area contributed by atoms with Gasteiger partial charge in [0.2, 0.25) is 17.7 Å². The first-order valence-electron chi connectivity index (χ1n) is 14.3. The topological polar surface area (TPSA) is 129 Å². The summed E-state index contributed by atoms with van der Waals surface area (Å²) >= 11 is 1.62. The monoisotopic (exact) mass is 576 g/mol. The van der Waals surface area contributed by atoms with Crippen LogP contribution in [0.4, 0.5) is 0 Å². The maximum atomic E-state index is 14.3. The van der Waals surface area contributed by atoms with Gasteiger partial charge in [-0.25, -0.2) is 4.68 Å². The third-order valence-electron chi connectivity index (χ3n) is 9.18. The second-order valence-electron chi connectivity index (χ2n) is 11.8. The number of fused-ring (bicyclic) bond motifs is 2. The first-order chi connectivity index (χ1) is 19.8. The highest BCUT2D eigenvalue weighted by Gasteiger charge is 2.76. The van der Waals surface area contributed by atoms with Crippen LogP contribution in [0, 0.1) is 23.7 Å². The van der Waals surface area contributed by atoms with E-state index in [0.29, 0.717) is 6.54 Å². The van der Waals surface area contributed by atoms with Crippen LogP contribution in [0.25, 0.3) is 11.0 Å². The lowest BCUT2D eigenvalue weighted by Gasteiger charge is -2.40. The van der Waals surface area contributed by atoms with Crippen molar-refractivity contribution < 1.29 is 19.5 Å². The Balaban J connectivity index is 1.31. The molecule has 216 valence electrons. The van der Waals surface area contributed by atoms with Crippen molar-refractivity contribution in [1.82, 2.24) is 30.5 Å². The van der Waals surface area contributed by atoms with Crippen molar-refractivity contribution >= 4 is 40.5 Å². The van der Waals surface area contributed by atoms with E-state index in [1.165, 1.54) is 0 Å². The molecule has 0 saturated carbocycles. The Hall–Kier alpha value is -3.44. The van der Waals surface area contributed by atoms with Crippen molar-refractivity contribution in [2.45, 2.75) is 62.5 Å². The van der Waals surface area contributed by atoms with Crippen LogP contribution in [-0.2, 0) is 27.6 Å². The fourth-order valence-electron chi connectivity index (χ4n) is 7.22. The van der Waals surface area contributed by atoms with Crippen molar-refractivity contribution in [2.75, 3.05) is 6.61 Å². The van der Waals surface area contributed by atoms with Gasteiger partial charge in [0, 0.05) is 11.8 Å². The summed E-state index contributed by atoms with van der Waals surface area (Å²) in [7, 11) is 0. The highest BCUT2D eigenvalue weighted by Crippen LogP contribution is 2.68. The summed E-state index contributed by atoms with van der Waals surface area (Å²) in [6, 6.07) is 15.8. The molecule has 2 aromatic carbocycles. The van der Waals surface area contributed by atoms with Crippen LogP contribution in [0.2, 0.25) is 0 Å². The minimum atomic E-state index is -0.828. The van der Waals surface area contributed by atoms with E-state index in [1.807, 2.05) is 68.4 Å². The number of carbonyl (C=O) groups is 3. The van der Waals surface area contributed by atoms with E-state index < -0.39 is 28.7 Å². The van der Waals surface area contributed by atoms with E-state index in [4.69, 9.17) is 0 Å². The zero-order chi connectivity index (χ0) is 28.9. The van der Waals surface area contributed by atoms with Crippen molar-refractivity contribution in [2.24, 2.45) is 23.7 Å². The molecular weight excluding hydrogens is 540 g/mol. The average Bonchev–Trinajstić information content (AvgIpc) is 3.69. The first-order valence-corrected chi connectivity index (χ1v) is 15.1. The summed E-state index contributed by atoms with van der Waals surface area (Å²) in [5.41, 5.74) is 2.50. The van der Waals surface area contributed by atoms with Gasteiger partial charge < -0.3 is 20.6 Å². The predicted molar refractivity (Wildman–Crippen MR) is 155 cm³/mol. The first kappa shape index (κ1) is 27.7. The number of para-hydroxylation sites is 1. The van der Waals surface area contributed by atoms with E-state index in [2.05, 4.69) is 27.9 Å². The number of nitrogens with one attached hydrogen (secondary N) is 2.